The predicted molar refractivity (Wildman–Crippen MR) is 148 cm³/mol. The third-order valence-electron chi connectivity index (χ3n) is 6.69. The van der Waals surface area contributed by atoms with Crippen molar-refractivity contribution in [3.8, 4) is 17.1 Å². The van der Waals surface area contributed by atoms with Gasteiger partial charge in [0.25, 0.3) is 0 Å². The Bertz CT molecular complexity index is 1080. The Balaban J connectivity index is 1.48. The van der Waals surface area contributed by atoms with Gasteiger partial charge in [-0.2, -0.15) is 0 Å². The van der Waals surface area contributed by atoms with E-state index in [0.29, 0.717) is 23.6 Å². The molecule has 0 aliphatic rings. The highest BCUT2D eigenvalue weighted by atomic mass is 19.1. The smallest absolute Gasteiger partial charge is 0.343 e. The molecule has 0 N–H and O–H groups in total. The van der Waals surface area contributed by atoms with Crippen molar-refractivity contribution in [1.82, 2.24) is 9.97 Å². The second-order valence-corrected chi connectivity index (χ2v) is 9.82. The summed E-state index contributed by atoms with van der Waals surface area (Å²) in [6, 6.07) is 11.7. The molecule has 2 aromatic carbocycles. The van der Waals surface area contributed by atoms with E-state index in [0.717, 1.165) is 36.8 Å². The first kappa shape index (κ1) is 28.5. The van der Waals surface area contributed by atoms with Gasteiger partial charge in [0, 0.05) is 18.0 Å². The molecule has 0 aliphatic heterocycles. The van der Waals surface area contributed by atoms with Crippen LogP contribution in [0.4, 0.5) is 4.39 Å². The molecule has 3 rings (SSSR count). The molecule has 37 heavy (non-hydrogen) atoms. The zero-order valence-electron chi connectivity index (χ0n) is 22.5. The number of carbonyl (C=O) groups excluding carboxylic acids is 1. The molecular weight excluding hydrogens is 463 g/mol. The number of ether oxygens (including phenoxy) is 1. The average molecular weight is 505 g/mol. The summed E-state index contributed by atoms with van der Waals surface area (Å²) in [6.45, 7) is 4.41. The van der Waals surface area contributed by atoms with E-state index in [4.69, 9.17) is 4.74 Å². The Kier molecular flexibility index (Phi) is 12.2. The van der Waals surface area contributed by atoms with Crippen molar-refractivity contribution in [1.29, 1.82) is 0 Å². The van der Waals surface area contributed by atoms with E-state index >= 15 is 0 Å². The van der Waals surface area contributed by atoms with Gasteiger partial charge in [0.05, 0.1) is 5.56 Å². The molecule has 0 atom stereocenters. The van der Waals surface area contributed by atoms with E-state index in [1.54, 1.807) is 24.3 Å². The number of unbranched alkanes of at least 4 members (excludes halogenated alkanes) is 9. The van der Waals surface area contributed by atoms with Gasteiger partial charge in [0.1, 0.15) is 11.6 Å². The van der Waals surface area contributed by atoms with Crippen LogP contribution in [-0.4, -0.2) is 15.9 Å². The third-order valence-corrected chi connectivity index (χ3v) is 6.69. The minimum Gasteiger partial charge on any atom is -0.423 e. The molecule has 0 unspecified atom stereocenters. The minimum absolute atomic E-state index is 0.209. The Morgan fingerprint density at radius 1 is 0.757 bits per heavy atom. The highest BCUT2D eigenvalue weighted by Gasteiger charge is 2.13. The Morgan fingerprint density at radius 3 is 1.97 bits per heavy atom. The van der Waals surface area contributed by atoms with Gasteiger partial charge in [-0.15, -0.1) is 0 Å². The number of nitrogens with zero attached hydrogens (tertiary/aromatic N) is 2. The largest absolute Gasteiger partial charge is 0.423 e. The molecule has 1 aromatic heterocycles. The van der Waals surface area contributed by atoms with Crippen molar-refractivity contribution in [3.05, 3.63) is 77.4 Å². The lowest BCUT2D eigenvalue weighted by atomic mass is 10.0. The third kappa shape index (κ3) is 9.71. The molecule has 0 aliphatic carbocycles. The van der Waals surface area contributed by atoms with E-state index in [1.165, 1.54) is 57.4 Å². The fraction of sp³-hybridized carbons (Fsp3) is 0.469. The normalized spacial score (nSPS) is 11.0. The van der Waals surface area contributed by atoms with Gasteiger partial charge in [-0.05, 0) is 73.2 Å². The summed E-state index contributed by atoms with van der Waals surface area (Å²) in [5.74, 6) is 0.111. The lowest BCUT2D eigenvalue weighted by Crippen LogP contribution is -2.09. The van der Waals surface area contributed by atoms with E-state index < -0.39 is 5.97 Å². The number of halogens is 1. The summed E-state index contributed by atoms with van der Waals surface area (Å²) < 4.78 is 20.0. The maximum Gasteiger partial charge on any atom is 0.343 e. The van der Waals surface area contributed by atoms with Gasteiger partial charge >= 0.3 is 5.97 Å². The van der Waals surface area contributed by atoms with Crippen LogP contribution in [0, 0.1) is 5.82 Å². The van der Waals surface area contributed by atoms with Crippen LogP contribution in [0.3, 0.4) is 0 Å². The molecule has 0 saturated carbocycles. The molecule has 3 aromatic rings. The Labute approximate surface area is 221 Å². The lowest BCUT2D eigenvalue weighted by Gasteiger charge is -2.08. The molecule has 0 radical (unpaired) electrons. The molecule has 0 amide bonds. The van der Waals surface area contributed by atoms with Crippen LogP contribution in [0.5, 0.6) is 5.75 Å². The first-order valence-corrected chi connectivity index (χ1v) is 14.0. The van der Waals surface area contributed by atoms with Gasteiger partial charge < -0.3 is 4.74 Å². The predicted octanol–water partition coefficient (Wildman–Crippen LogP) is 8.92. The highest BCUT2D eigenvalue weighted by Crippen LogP contribution is 2.21. The summed E-state index contributed by atoms with van der Waals surface area (Å²) in [7, 11) is 0. The summed E-state index contributed by atoms with van der Waals surface area (Å²) in [5, 5.41) is 0. The van der Waals surface area contributed by atoms with E-state index in [2.05, 4.69) is 23.8 Å². The van der Waals surface area contributed by atoms with E-state index in [9.17, 15) is 9.18 Å². The van der Waals surface area contributed by atoms with Crippen LogP contribution in [0.2, 0.25) is 0 Å². The number of esters is 1. The molecule has 4 nitrogen and oxygen atoms in total. The monoisotopic (exact) mass is 504 g/mol. The number of hydrogen-bond donors (Lipinski definition) is 0. The highest BCUT2D eigenvalue weighted by molar-refractivity contribution is 5.91. The van der Waals surface area contributed by atoms with Crippen LogP contribution in [-0.2, 0) is 12.8 Å². The zero-order valence-corrected chi connectivity index (χ0v) is 22.5. The number of aromatic nitrogens is 2. The molecule has 0 bridgehead atoms. The summed E-state index contributed by atoms with van der Waals surface area (Å²) in [4.78, 5) is 21.6. The van der Waals surface area contributed by atoms with Crippen LogP contribution >= 0.6 is 0 Å². The number of benzene rings is 2. The fourth-order valence-electron chi connectivity index (χ4n) is 4.38. The van der Waals surface area contributed by atoms with Gasteiger partial charge in [-0.1, -0.05) is 77.7 Å². The van der Waals surface area contributed by atoms with E-state index in [1.807, 2.05) is 24.5 Å². The number of hydrogen-bond acceptors (Lipinski definition) is 4. The van der Waals surface area contributed by atoms with Crippen molar-refractivity contribution in [2.45, 2.75) is 97.3 Å². The van der Waals surface area contributed by atoms with Gasteiger partial charge in [-0.3, -0.25) is 0 Å². The second-order valence-electron chi connectivity index (χ2n) is 9.82. The van der Waals surface area contributed by atoms with Crippen LogP contribution in [0.15, 0.2) is 54.9 Å². The Morgan fingerprint density at radius 2 is 1.35 bits per heavy atom. The SMILES string of the molecule is CCCCCCCCc1cnc(-c2ccc(OC(=O)c3ccc(CCCCCCC)c(F)c3)cc2)nc1. The van der Waals surface area contributed by atoms with Crippen molar-refractivity contribution in [2.75, 3.05) is 0 Å². The van der Waals surface area contributed by atoms with Gasteiger partial charge in [0.2, 0.25) is 0 Å². The summed E-state index contributed by atoms with van der Waals surface area (Å²) >= 11 is 0. The molecule has 0 spiro atoms. The van der Waals surface area contributed by atoms with Crippen molar-refractivity contribution < 1.29 is 13.9 Å². The minimum atomic E-state index is -0.573. The zero-order chi connectivity index (χ0) is 26.3. The Hall–Kier alpha value is -3.08. The van der Waals surface area contributed by atoms with E-state index in [-0.39, 0.29) is 11.4 Å². The molecule has 5 heteroatoms. The van der Waals surface area contributed by atoms with Crippen molar-refractivity contribution >= 4 is 5.97 Å². The quantitative estimate of drug-likeness (QED) is 0.111. The topological polar surface area (TPSA) is 52.1 Å². The maximum atomic E-state index is 14.5. The molecule has 1 heterocycles. The standard InChI is InChI=1S/C32H41FN2O2/c1-3-5-7-9-11-12-14-25-23-34-31(35-24-25)27-18-20-29(21-19-27)37-32(36)28-17-16-26(30(33)22-28)15-13-10-8-6-4-2/h16-24H,3-15H2,1-2H3. The summed E-state index contributed by atoms with van der Waals surface area (Å²) in [5.41, 5.74) is 2.86. The molecule has 0 fully saturated rings. The van der Waals surface area contributed by atoms with Crippen LogP contribution < -0.4 is 4.74 Å². The molecule has 0 saturated heterocycles. The lowest BCUT2D eigenvalue weighted by molar-refractivity contribution is 0.0734. The number of aryl methyl sites for hydroxylation is 2. The number of rotatable bonds is 16. The maximum absolute atomic E-state index is 14.5. The average Bonchev–Trinajstić information content (AvgIpc) is 2.92. The number of carbonyl (C=O) groups is 1. The molecule has 198 valence electrons. The fourth-order valence-corrected chi connectivity index (χ4v) is 4.38. The second kappa shape index (κ2) is 15.9. The molecular formula is C32H41FN2O2. The van der Waals surface area contributed by atoms with Gasteiger partial charge in [-0.25, -0.2) is 19.2 Å². The first-order valence-electron chi connectivity index (χ1n) is 14.0. The van der Waals surface area contributed by atoms with Crippen molar-refractivity contribution in [2.24, 2.45) is 0 Å². The van der Waals surface area contributed by atoms with Crippen LogP contribution in [0.25, 0.3) is 11.4 Å². The van der Waals surface area contributed by atoms with Crippen molar-refractivity contribution in [3.63, 3.8) is 0 Å². The van der Waals surface area contributed by atoms with Gasteiger partial charge in [0.15, 0.2) is 5.82 Å². The van der Waals surface area contributed by atoms with Crippen LogP contribution in [0.1, 0.15) is 106 Å². The summed E-state index contributed by atoms with van der Waals surface area (Å²) in [6.07, 6.45) is 18.7. The first-order chi connectivity index (χ1) is 18.1.